The molecule has 8 nitrogen and oxygen atoms in total. The van der Waals surface area contributed by atoms with Crippen LogP contribution in [0.25, 0.3) is 0 Å². The summed E-state index contributed by atoms with van der Waals surface area (Å²) in [4.78, 5) is 28.3. The molecule has 3 aromatic rings. The van der Waals surface area contributed by atoms with E-state index in [-0.39, 0.29) is 23.0 Å². The number of anilines is 1. The van der Waals surface area contributed by atoms with Crippen molar-refractivity contribution in [3.05, 3.63) is 88.6 Å². The average molecular weight is 649 g/mol. The third-order valence-electron chi connectivity index (χ3n) is 6.02. The summed E-state index contributed by atoms with van der Waals surface area (Å²) >= 11 is 3.43. The lowest BCUT2D eigenvalue weighted by Crippen LogP contribution is -2.54. The van der Waals surface area contributed by atoms with Gasteiger partial charge in [-0.1, -0.05) is 28.1 Å². The van der Waals surface area contributed by atoms with Crippen LogP contribution in [0.5, 0.6) is 5.75 Å². The first-order valence-corrected chi connectivity index (χ1v) is 15.3. The third kappa shape index (κ3) is 8.77. The number of ether oxygens (including phenoxy) is 1. The van der Waals surface area contributed by atoms with Gasteiger partial charge in [0.2, 0.25) is 11.8 Å². The molecule has 1 N–H and O–H groups in total. The lowest BCUT2D eigenvalue weighted by atomic mass is 10.1. The van der Waals surface area contributed by atoms with Gasteiger partial charge in [0.25, 0.3) is 10.0 Å². The molecule has 0 saturated carbocycles. The molecule has 0 heterocycles. The van der Waals surface area contributed by atoms with Crippen molar-refractivity contribution in [2.45, 2.75) is 57.6 Å². The fourth-order valence-electron chi connectivity index (χ4n) is 4.03. The van der Waals surface area contributed by atoms with Crippen LogP contribution in [0.3, 0.4) is 0 Å². The molecule has 0 saturated heterocycles. The summed E-state index contributed by atoms with van der Waals surface area (Å²) in [6.07, 6.45) is 0. The van der Waals surface area contributed by atoms with Gasteiger partial charge in [0, 0.05) is 16.6 Å². The number of carbonyl (C=O) groups is 2. The minimum absolute atomic E-state index is 0.0602. The number of carbonyl (C=O) groups excluding carboxylic acids is 2. The number of rotatable bonds is 11. The number of benzene rings is 3. The van der Waals surface area contributed by atoms with E-state index in [0.29, 0.717) is 12.4 Å². The second kappa shape index (κ2) is 13.5. The fraction of sp³-hybridized carbons (Fsp3) is 0.333. The van der Waals surface area contributed by atoms with E-state index in [2.05, 4.69) is 21.2 Å². The highest BCUT2D eigenvalue weighted by molar-refractivity contribution is 9.10. The quantitative estimate of drug-likeness (QED) is 0.296. The van der Waals surface area contributed by atoms with Gasteiger partial charge < -0.3 is 15.0 Å². The Labute approximate surface area is 249 Å². The highest BCUT2D eigenvalue weighted by Gasteiger charge is 2.33. The Hall–Kier alpha value is -3.44. The summed E-state index contributed by atoms with van der Waals surface area (Å²) in [6, 6.07) is 17.1. The van der Waals surface area contributed by atoms with Crippen molar-refractivity contribution < 1.29 is 27.1 Å². The smallest absolute Gasteiger partial charge is 0.264 e. The summed E-state index contributed by atoms with van der Waals surface area (Å²) < 4.78 is 48.5. The first-order valence-electron chi connectivity index (χ1n) is 13.1. The summed E-state index contributed by atoms with van der Waals surface area (Å²) in [5.74, 6) is -1.03. The van der Waals surface area contributed by atoms with Crippen LogP contribution in [0.1, 0.15) is 40.2 Å². The average Bonchev–Trinajstić information content (AvgIpc) is 2.90. The molecule has 0 aliphatic heterocycles. The highest BCUT2D eigenvalue weighted by atomic mass is 79.9. The number of nitrogens with one attached hydrogen (secondary N) is 1. The van der Waals surface area contributed by atoms with Gasteiger partial charge >= 0.3 is 0 Å². The van der Waals surface area contributed by atoms with E-state index >= 15 is 0 Å². The molecular formula is C30H35BrFN3O5S. The summed E-state index contributed by atoms with van der Waals surface area (Å²) in [5, 5.41) is 2.89. The van der Waals surface area contributed by atoms with E-state index in [4.69, 9.17) is 4.74 Å². The van der Waals surface area contributed by atoms with E-state index in [0.717, 1.165) is 38.6 Å². The number of nitrogens with zero attached hydrogens (tertiary/aromatic N) is 2. The van der Waals surface area contributed by atoms with Gasteiger partial charge in [-0.3, -0.25) is 13.9 Å². The van der Waals surface area contributed by atoms with Crippen molar-refractivity contribution in [3.8, 4) is 5.75 Å². The van der Waals surface area contributed by atoms with Gasteiger partial charge in [0.1, 0.15) is 24.2 Å². The maximum atomic E-state index is 14.0. The van der Waals surface area contributed by atoms with E-state index in [1.807, 2.05) is 52.0 Å². The van der Waals surface area contributed by atoms with Crippen molar-refractivity contribution in [2.75, 3.05) is 17.5 Å². The molecule has 0 aromatic heterocycles. The summed E-state index contributed by atoms with van der Waals surface area (Å²) in [6.45, 7) is 8.82. The maximum Gasteiger partial charge on any atom is 0.264 e. The Balaban J connectivity index is 2.04. The summed E-state index contributed by atoms with van der Waals surface area (Å²) in [5.41, 5.74) is 0.410. The molecule has 0 radical (unpaired) electrons. The maximum absolute atomic E-state index is 14.0. The topological polar surface area (TPSA) is 96.0 Å². The minimum Gasteiger partial charge on any atom is -0.494 e. The van der Waals surface area contributed by atoms with Gasteiger partial charge in [-0.2, -0.15) is 0 Å². The van der Waals surface area contributed by atoms with Crippen LogP contribution in [0.2, 0.25) is 0 Å². The third-order valence-corrected chi connectivity index (χ3v) is 8.30. The SMILES string of the molecule is CCOc1ccc(N(CC(=O)N(Cc2cccc(Br)c2)[C@@H](C)C(=O)NC(C)(C)C)S(=O)(=O)c2ccc(F)cc2)cc1. The number of hydrogen-bond acceptors (Lipinski definition) is 5. The second-order valence-electron chi connectivity index (χ2n) is 10.5. The van der Waals surface area contributed by atoms with Gasteiger partial charge in [-0.15, -0.1) is 0 Å². The standard InChI is InChI=1S/C30H35BrFN3O5S/c1-6-40-26-14-12-25(13-15-26)35(41(38,39)27-16-10-24(32)11-17-27)20-28(36)34(19-22-8-7-9-23(31)18-22)21(2)29(37)33-30(3,4)5/h7-18,21H,6,19-20H2,1-5H3,(H,33,37)/t21-/m0/s1. The summed E-state index contributed by atoms with van der Waals surface area (Å²) in [7, 11) is -4.31. The van der Waals surface area contributed by atoms with E-state index in [1.165, 1.54) is 17.0 Å². The van der Waals surface area contributed by atoms with Gasteiger partial charge in [0.05, 0.1) is 17.2 Å². The predicted octanol–water partition coefficient (Wildman–Crippen LogP) is 5.51. The lowest BCUT2D eigenvalue weighted by Gasteiger charge is -2.33. The Bertz CT molecular complexity index is 1460. The molecule has 2 amide bonds. The molecule has 0 bridgehead atoms. The monoisotopic (exact) mass is 647 g/mol. The van der Waals surface area contributed by atoms with Crippen LogP contribution in [-0.4, -0.2) is 49.9 Å². The molecule has 3 rings (SSSR count). The molecule has 1 atom stereocenters. The first-order chi connectivity index (χ1) is 19.2. The number of halogens is 2. The van der Waals surface area contributed by atoms with Crippen LogP contribution in [0, 0.1) is 5.82 Å². The zero-order valence-corrected chi connectivity index (χ0v) is 26.1. The molecule has 0 fully saturated rings. The molecule has 11 heteroatoms. The molecule has 0 unspecified atom stereocenters. The molecule has 0 aliphatic rings. The van der Waals surface area contributed by atoms with E-state index in [9.17, 15) is 22.4 Å². The molecule has 3 aromatic carbocycles. The fourth-order valence-corrected chi connectivity index (χ4v) is 5.89. The largest absolute Gasteiger partial charge is 0.494 e. The minimum atomic E-state index is -4.31. The van der Waals surface area contributed by atoms with Crippen molar-refractivity contribution in [1.82, 2.24) is 10.2 Å². The molecule has 41 heavy (non-hydrogen) atoms. The van der Waals surface area contributed by atoms with Gasteiger partial charge in [0.15, 0.2) is 0 Å². The highest BCUT2D eigenvalue weighted by Crippen LogP contribution is 2.27. The predicted molar refractivity (Wildman–Crippen MR) is 161 cm³/mol. The Morgan fingerprint density at radius 2 is 1.66 bits per heavy atom. The number of amides is 2. The van der Waals surface area contributed by atoms with Crippen molar-refractivity contribution in [1.29, 1.82) is 0 Å². The Morgan fingerprint density at radius 1 is 1.02 bits per heavy atom. The van der Waals surface area contributed by atoms with Crippen LogP contribution in [0.15, 0.2) is 82.2 Å². The number of sulfonamides is 1. The normalized spacial score (nSPS) is 12.4. The zero-order valence-electron chi connectivity index (χ0n) is 23.7. The van der Waals surface area contributed by atoms with Crippen LogP contribution < -0.4 is 14.4 Å². The molecule has 0 spiro atoms. The molecule has 0 aliphatic carbocycles. The van der Waals surface area contributed by atoms with Crippen LogP contribution in [-0.2, 0) is 26.2 Å². The van der Waals surface area contributed by atoms with Gasteiger partial charge in [-0.05, 0) is 101 Å². The van der Waals surface area contributed by atoms with Gasteiger partial charge in [-0.25, -0.2) is 12.8 Å². The van der Waals surface area contributed by atoms with Crippen LogP contribution >= 0.6 is 15.9 Å². The van der Waals surface area contributed by atoms with E-state index in [1.54, 1.807) is 19.1 Å². The van der Waals surface area contributed by atoms with Crippen LogP contribution in [0.4, 0.5) is 10.1 Å². The van der Waals surface area contributed by atoms with Crippen molar-refractivity contribution >= 4 is 43.5 Å². The Kier molecular flexibility index (Phi) is 10.5. The lowest BCUT2D eigenvalue weighted by molar-refractivity contribution is -0.140. The second-order valence-corrected chi connectivity index (χ2v) is 13.2. The van der Waals surface area contributed by atoms with E-state index < -0.39 is 39.9 Å². The number of hydrogen-bond donors (Lipinski definition) is 1. The molecular weight excluding hydrogens is 613 g/mol. The van der Waals surface area contributed by atoms with Crippen molar-refractivity contribution in [3.63, 3.8) is 0 Å². The Morgan fingerprint density at radius 3 is 2.22 bits per heavy atom. The molecule has 220 valence electrons. The van der Waals surface area contributed by atoms with Crippen molar-refractivity contribution in [2.24, 2.45) is 0 Å². The zero-order chi connectivity index (χ0) is 30.4. The first kappa shape index (κ1) is 32.1.